The first kappa shape index (κ1) is 28.9. The molecule has 0 aliphatic heterocycles. The summed E-state index contributed by atoms with van der Waals surface area (Å²) in [5, 5.41) is 0.925. The van der Waals surface area contributed by atoms with Gasteiger partial charge in [-0.25, -0.2) is 0 Å². The fourth-order valence-corrected chi connectivity index (χ4v) is 4.69. The minimum absolute atomic E-state index is 0.0166. The molecule has 1 saturated carbocycles. The molecular weight excluding hydrogens is 511 g/mol. The number of carbonyl (C=O) groups is 1. The van der Waals surface area contributed by atoms with Crippen LogP contribution in [0, 0.1) is 0 Å². The van der Waals surface area contributed by atoms with Gasteiger partial charge in [0.05, 0.1) is 37.5 Å². The fourth-order valence-electron chi connectivity index (χ4n) is 4.14. The largest absolute Gasteiger partial charge is 0.493 e. The number of ketones is 1. The number of carbonyl (C=O) groups excluding carboxylic acids is 1. The van der Waals surface area contributed by atoms with E-state index in [9.17, 15) is 4.79 Å². The average Bonchev–Trinajstić information content (AvgIpc) is 2.88. The standard InChI is InChI=1S/C30H36Cl2O5/c1-5-7-12-36-29-24(31)16-20(18-26(29)34-3)14-22-10-9-11-23(28(22)33)15-21-17-25(32)30(27(19-21)35-4)37-13-8-6-2/h14-19H,5-13H2,1-4H3/b22-14-,23-15+. The minimum atomic E-state index is 0.0166. The lowest BCUT2D eigenvalue weighted by Crippen LogP contribution is -2.12. The first-order chi connectivity index (χ1) is 17.9. The van der Waals surface area contributed by atoms with Crippen molar-refractivity contribution >= 4 is 41.1 Å². The third-order valence-electron chi connectivity index (χ3n) is 6.15. The number of methoxy groups -OCH3 is 2. The van der Waals surface area contributed by atoms with Crippen LogP contribution in [0.1, 0.15) is 69.9 Å². The average molecular weight is 548 g/mol. The summed E-state index contributed by atoms with van der Waals surface area (Å²) in [6, 6.07) is 7.33. The van der Waals surface area contributed by atoms with Crippen LogP contribution in [0.4, 0.5) is 0 Å². The minimum Gasteiger partial charge on any atom is -0.493 e. The number of hydrogen-bond donors (Lipinski definition) is 0. The molecule has 0 spiro atoms. The SMILES string of the molecule is CCCCOc1c(Cl)cc(/C=C2/CCC/C(=C\c3cc(Cl)c(OCCCC)c(OC)c3)C2=O)cc1OC. The van der Waals surface area contributed by atoms with E-state index in [1.807, 2.05) is 36.4 Å². The predicted molar refractivity (Wildman–Crippen MR) is 152 cm³/mol. The molecule has 3 rings (SSSR count). The maximum absolute atomic E-state index is 13.4. The highest BCUT2D eigenvalue weighted by atomic mass is 35.5. The Hall–Kier alpha value is -2.63. The second-order valence-corrected chi connectivity index (χ2v) is 9.81. The van der Waals surface area contributed by atoms with Crippen molar-refractivity contribution in [2.24, 2.45) is 0 Å². The highest BCUT2D eigenvalue weighted by Crippen LogP contribution is 2.39. The molecule has 7 heteroatoms. The van der Waals surface area contributed by atoms with Crippen LogP contribution in [0.25, 0.3) is 12.2 Å². The van der Waals surface area contributed by atoms with Crippen LogP contribution < -0.4 is 18.9 Å². The zero-order valence-electron chi connectivity index (χ0n) is 22.1. The van der Waals surface area contributed by atoms with Crippen LogP contribution in [-0.2, 0) is 4.79 Å². The second kappa shape index (κ2) is 14.3. The van der Waals surface area contributed by atoms with E-state index in [-0.39, 0.29) is 5.78 Å². The van der Waals surface area contributed by atoms with Gasteiger partial charge in [0.25, 0.3) is 0 Å². The van der Waals surface area contributed by atoms with Crippen molar-refractivity contribution in [1.29, 1.82) is 0 Å². The Kier molecular flexibility index (Phi) is 11.2. The van der Waals surface area contributed by atoms with Gasteiger partial charge in [0.1, 0.15) is 0 Å². The summed E-state index contributed by atoms with van der Waals surface area (Å²) in [7, 11) is 3.17. The highest BCUT2D eigenvalue weighted by Gasteiger charge is 2.22. The first-order valence-corrected chi connectivity index (χ1v) is 13.6. The van der Waals surface area contributed by atoms with Gasteiger partial charge in [-0.1, -0.05) is 49.9 Å². The second-order valence-electron chi connectivity index (χ2n) is 8.99. The summed E-state index contributed by atoms with van der Waals surface area (Å²) < 4.78 is 22.7. The molecule has 0 bridgehead atoms. The van der Waals surface area contributed by atoms with Gasteiger partial charge < -0.3 is 18.9 Å². The van der Waals surface area contributed by atoms with E-state index < -0.39 is 0 Å². The van der Waals surface area contributed by atoms with Gasteiger partial charge in [0.15, 0.2) is 28.8 Å². The Bertz CT molecular complexity index is 1070. The van der Waals surface area contributed by atoms with E-state index in [1.165, 1.54) is 0 Å². The number of benzene rings is 2. The van der Waals surface area contributed by atoms with Crippen LogP contribution in [0.5, 0.6) is 23.0 Å². The Morgan fingerprint density at radius 2 is 1.19 bits per heavy atom. The number of unbranched alkanes of at least 4 members (excludes halogenated alkanes) is 2. The highest BCUT2D eigenvalue weighted by molar-refractivity contribution is 6.33. The van der Waals surface area contributed by atoms with E-state index in [0.29, 0.717) is 59.1 Å². The third kappa shape index (κ3) is 7.68. The number of halogens is 2. The first-order valence-electron chi connectivity index (χ1n) is 12.9. The topological polar surface area (TPSA) is 54.0 Å². The summed E-state index contributed by atoms with van der Waals surface area (Å²) in [6.45, 7) is 5.34. The van der Waals surface area contributed by atoms with Crippen LogP contribution in [0.2, 0.25) is 10.0 Å². The number of hydrogen-bond acceptors (Lipinski definition) is 5. The Balaban J connectivity index is 1.86. The molecule has 2 aromatic carbocycles. The number of allylic oxidation sites excluding steroid dienone is 2. The molecule has 37 heavy (non-hydrogen) atoms. The van der Waals surface area contributed by atoms with Crippen molar-refractivity contribution in [2.75, 3.05) is 27.4 Å². The molecule has 0 unspecified atom stereocenters. The van der Waals surface area contributed by atoms with E-state index >= 15 is 0 Å². The number of ether oxygens (including phenoxy) is 4. The van der Waals surface area contributed by atoms with Crippen molar-refractivity contribution < 1.29 is 23.7 Å². The van der Waals surface area contributed by atoms with Crippen molar-refractivity contribution in [3.05, 3.63) is 56.6 Å². The molecule has 0 N–H and O–H groups in total. The lowest BCUT2D eigenvalue weighted by molar-refractivity contribution is -0.112. The smallest absolute Gasteiger partial charge is 0.185 e. The van der Waals surface area contributed by atoms with Gasteiger partial charge in [0.2, 0.25) is 0 Å². The van der Waals surface area contributed by atoms with Gasteiger partial charge in [-0.3, -0.25) is 4.79 Å². The molecule has 1 fully saturated rings. The van der Waals surface area contributed by atoms with Gasteiger partial charge in [0, 0.05) is 11.1 Å². The van der Waals surface area contributed by atoms with Crippen LogP contribution in [0.15, 0.2) is 35.4 Å². The molecule has 0 amide bonds. The van der Waals surface area contributed by atoms with Gasteiger partial charge in [-0.15, -0.1) is 0 Å². The Morgan fingerprint density at radius 3 is 1.57 bits per heavy atom. The monoisotopic (exact) mass is 546 g/mol. The van der Waals surface area contributed by atoms with Crippen molar-refractivity contribution in [3.8, 4) is 23.0 Å². The molecule has 0 saturated heterocycles. The zero-order valence-corrected chi connectivity index (χ0v) is 23.6. The van der Waals surface area contributed by atoms with Crippen molar-refractivity contribution in [3.63, 3.8) is 0 Å². The molecule has 0 heterocycles. The molecule has 0 atom stereocenters. The zero-order chi connectivity index (χ0) is 26.8. The van der Waals surface area contributed by atoms with Crippen LogP contribution in [-0.4, -0.2) is 33.2 Å². The number of Topliss-reactive ketones (excluding diaryl/α,β-unsaturated/α-hetero) is 1. The molecule has 200 valence electrons. The fraction of sp³-hybridized carbons (Fsp3) is 0.433. The summed E-state index contributed by atoms with van der Waals surface area (Å²) in [5.41, 5.74) is 3.06. The van der Waals surface area contributed by atoms with Gasteiger partial charge in [-0.05, 0) is 79.6 Å². The molecule has 5 nitrogen and oxygen atoms in total. The molecule has 2 aromatic rings. The molecule has 0 radical (unpaired) electrons. The van der Waals surface area contributed by atoms with E-state index in [4.69, 9.17) is 42.1 Å². The Morgan fingerprint density at radius 1 is 0.757 bits per heavy atom. The molecule has 0 aromatic heterocycles. The third-order valence-corrected chi connectivity index (χ3v) is 6.71. The quantitative estimate of drug-likeness (QED) is 0.197. The molecule has 1 aliphatic rings. The van der Waals surface area contributed by atoms with E-state index in [1.54, 1.807) is 14.2 Å². The summed E-state index contributed by atoms with van der Waals surface area (Å²) >= 11 is 13.0. The van der Waals surface area contributed by atoms with Gasteiger partial charge >= 0.3 is 0 Å². The van der Waals surface area contributed by atoms with E-state index in [2.05, 4.69) is 13.8 Å². The lowest BCUT2D eigenvalue weighted by Gasteiger charge is -2.18. The lowest BCUT2D eigenvalue weighted by atomic mass is 9.87. The summed E-state index contributed by atoms with van der Waals surface area (Å²) in [6.07, 6.45) is 9.94. The maximum Gasteiger partial charge on any atom is 0.185 e. The summed E-state index contributed by atoms with van der Waals surface area (Å²) in [5.74, 6) is 2.18. The maximum atomic E-state index is 13.4. The molecular formula is C30H36Cl2O5. The van der Waals surface area contributed by atoms with Gasteiger partial charge in [-0.2, -0.15) is 0 Å². The van der Waals surface area contributed by atoms with Crippen LogP contribution >= 0.6 is 23.2 Å². The Labute approximate surface area is 230 Å². The predicted octanol–water partition coefficient (Wildman–Crippen LogP) is 8.59. The summed E-state index contributed by atoms with van der Waals surface area (Å²) in [4.78, 5) is 13.4. The normalized spacial score (nSPS) is 15.8. The number of rotatable bonds is 12. The van der Waals surface area contributed by atoms with Crippen molar-refractivity contribution in [1.82, 2.24) is 0 Å². The van der Waals surface area contributed by atoms with E-state index in [0.717, 1.165) is 54.4 Å². The van der Waals surface area contributed by atoms with Crippen molar-refractivity contribution in [2.45, 2.75) is 58.8 Å². The molecule has 1 aliphatic carbocycles. The van der Waals surface area contributed by atoms with Crippen LogP contribution in [0.3, 0.4) is 0 Å².